The monoisotopic (exact) mass is 346 g/mol. The van der Waals surface area contributed by atoms with E-state index in [0.717, 1.165) is 29.0 Å². The average molecular weight is 346 g/mol. The van der Waals surface area contributed by atoms with E-state index in [1.807, 2.05) is 42.8 Å². The van der Waals surface area contributed by atoms with Gasteiger partial charge in [0.2, 0.25) is 11.8 Å². The van der Waals surface area contributed by atoms with Gasteiger partial charge in [0.1, 0.15) is 0 Å². The summed E-state index contributed by atoms with van der Waals surface area (Å²) in [5, 5.41) is 0.563. The molecule has 1 aliphatic heterocycles. The fraction of sp³-hybridized carbons (Fsp3) is 0.471. The summed E-state index contributed by atoms with van der Waals surface area (Å²) in [6.45, 7) is 3.01. The molecule has 0 radical (unpaired) electrons. The average Bonchev–Trinajstić information content (AvgIpc) is 2.90. The summed E-state index contributed by atoms with van der Waals surface area (Å²) in [4.78, 5) is 30.5. The van der Waals surface area contributed by atoms with Crippen molar-refractivity contribution in [2.75, 3.05) is 13.1 Å². The molecule has 2 aromatic rings. The standard InChI is InChI=1S/C17H22N4O2S/c1-11(16(23)21-9-5-6-12(10-21)15(18)22)24-17-19-13-7-3-4-8-14(13)20(17)2/h3-4,7-8,11-12H,5-6,9-10H2,1-2H3,(H2,18,22). The Labute approximate surface area is 145 Å². The number of primary amides is 1. The SMILES string of the molecule is CC(Sc1nc2ccccc2n1C)C(=O)N1CCCC(C(N)=O)C1. The van der Waals surface area contributed by atoms with Crippen LogP contribution in [0.2, 0.25) is 0 Å². The van der Waals surface area contributed by atoms with Crippen LogP contribution in [0.1, 0.15) is 19.8 Å². The molecule has 0 bridgehead atoms. The van der Waals surface area contributed by atoms with Crippen molar-refractivity contribution in [1.29, 1.82) is 0 Å². The predicted molar refractivity (Wildman–Crippen MR) is 94.5 cm³/mol. The van der Waals surface area contributed by atoms with Gasteiger partial charge in [0, 0.05) is 20.1 Å². The van der Waals surface area contributed by atoms with Crippen LogP contribution in [0.4, 0.5) is 0 Å². The second-order valence-corrected chi connectivity index (χ2v) is 7.54. The number of carbonyl (C=O) groups excluding carboxylic acids is 2. The molecule has 2 amide bonds. The van der Waals surface area contributed by atoms with Crippen LogP contribution in [0.15, 0.2) is 29.4 Å². The fourth-order valence-electron chi connectivity index (χ4n) is 3.10. The lowest BCUT2D eigenvalue weighted by atomic mass is 9.97. The maximum Gasteiger partial charge on any atom is 0.235 e. The summed E-state index contributed by atoms with van der Waals surface area (Å²) in [6.07, 6.45) is 1.59. The zero-order valence-corrected chi connectivity index (χ0v) is 14.8. The van der Waals surface area contributed by atoms with E-state index >= 15 is 0 Å². The number of hydrogen-bond donors (Lipinski definition) is 1. The Bertz CT molecular complexity index is 773. The number of nitrogens with two attached hydrogens (primary N) is 1. The van der Waals surface area contributed by atoms with Gasteiger partial charge in [-0.2, -0.15) is 0 Å². The maximum atomic E-state index is 12.7. The molecule has 1 saturated heterocycles. The highest BCUT2D eigenvalue weighted by Gasteiger charge is 2.30. The lowest BCUT2D eigenvalue weighted by Crippen LogP contribution is -2.46. The van der Waals surface area contributed by atoms with Crippen LogP contribution in [0.3, 0.4) is 0 Å². The van der Waals surface area contributed by atoms with Crippen molar-refractivity contribution >= 4 is 34.6 Å². The molecule has 2 unspecified atom stereocenters. The predicted octanol–water partition coefficient (Wildman–Crippen LogP) is 1.78. The highest BCUT2D eigenvalue weighted by Crippen LogP contribution is 2.28. The van der Waals surface area contributed by atoms with Gasteiger partial charge in [-0.3, -0.25) is 9.59 Å². The summed E-state index contributed by atoms with van der Waals surface area (Å²) < 4.78 is 2.01. The largest absolute Gasteiger partial charge is 0.369 e. The number of aryl methyl sites for hydroxylation is 1. The third kappa shape index (κ3) is 3.26. The van der Waals surface area contributed by atoms with Gasteiger partial charge in [-0.15, -0.1) is 0 Å². The quantitative estimate of drug-likeness (QED) is 0.856. The maximum absolute atomic E-state index is 12.7. The lowest BCUT2D eigenvalue weighted by Gasteiger charge is -2.32. The Hall–Kier alpha value is -2.02. The van der Waals surface area contributed by atoms with Crippen LogP contribution in [-0.4, -0.2) is 44.6 Å². The van der Waals surface area contributed by atoms with Crippen molar-refractivity contribution in [3.63, 3.8) is 0 Å². The van der Waals surface area contributed by atoms with Gasteiger partial charge in [0.25, 0.3) is 0 Å². The number of rotatable bonds is 4. The van der Waals surface area contributed by atoms with Crippen molar-refractivity contribution < 1.29 is 9.59 Å². The third-order valence-corrected chi connectivity index (χ3v) is 5.64. The fourth-order valence-corrected chi connectivity index (χ4v) is 4.08. The van der Waals surface area contributed by atoms with Gasteiger partial charge in [0.15, 0.2) is 5.16 Å². The van der Waals surface area contributed by atoms with Crippen LogP contribution >= 0.6 is 11.8 Å². The van der Waals surface area contributed by atoms with E-state index in [-0.39, 0.29) is 23.0 Å². The van der Waals surface area contributed by atoms with Crippen molar-refractivity contribution in [3.05, 3.63) is 24.3 Å². The summed E-state index contributed by atoms with van der Waals surface area (Å²) in [5.41, 5.74) is 7.37. The minimum Gasteiger partial charge on any atom is -0.369 e. The van der Waals surface area contributed by atoms with Crippen molar-refractivity contribution in [2.45, 2.75) is 30.2 Å². The number of carbonyl (C=O) groups is 2. The van der Waals surface area contributed by atoms with Crippen molar-refractivity contribution in [1.82, 2.24) is 14.5 Å². The van der Waals surface area contributed by atoms with Gasteiger partial charge >= 0.3 is 0 Å². The number of aromatic nitrogens is 2. The van der Waals surface area contributed by atoms with Gasteiger partial charge in [-0.05, 0) is 31.9 Å². The van der Waals surface area contributed by atoms with E-state index in [1.165, 1.54) is 11.8 Å². The molecule has 7 heteroatoms. The number of imidazole rings is 1. The first-order valence-corrected chi connectivity index (χ1v) is 9.01. The zero-order chi connectivity index (χ0) is 17.3. The highest BCUT2D eigenvalue weighted by molar-refractivity contribution is 8.00. The number of thioether (sulfide) groups is 1. The Morgan fingerprint density at radius 1 is 1.38 bits per heavy atom. The molecule has 1 aromatic heterocycles. The molecule has 2 heterocycles. The molecular weight excluding hydrogens is 324 g/mol. The topological polar surface area (TPSA) is 81.2 Å². The second-order valence-electron chi connectivity index (χ2n) is 6.23. The molecule has 0 saturated carbocycles. The molecule has 6 nitrogen and oxygen atoms in total. The van der Waals surface area contributed by atoms with Crippen LogP contribution in [0.5, 0.6) is 0 Å². The number of para-hydroxylation sites is 2. The van der Waals surface area contributed by atoms with Crippen LogP contribution in [0, 0.1) is 5.92 Å². The van der Waals surface area contributed by atoms with E-state index in [4.69, 9.17) is 5.73 Å². The van der Waals surface area contributed by atoms with E-state index in [2.05, 4.69) is 4.98 Å². The minimum absolute atomic E-state index is 0.0398. The molecule has 1 fully saturated rings. The smallest absolute Gasteiger partial charge is 0.235 e. The van der Waals surface area contributed by atoms with Gasteiger partial charge in [-0.1, -0.05) is 23.9 Å². The van der Waals surface area contributed by atoms with E-state index in [9.17, 15) is 9.59 Å². The molecule has 3 rings (SSSR count). The zero-order valence-electron chi connectivity index (χ0n) is 13.9. The van der Waals surface area contributed by atoms with E-state index < -0.39 is 0 Å². The Morgan fingerprint density at radius 2 is 2.12 bits per heavy atom. The summed E-state index contributed by atoms with van der Waals surface area (Å²) in [6, 6.07) is 7.91. The first kappa shape index (κ1) is 16.8. The molecule has 2 atom stereocenters. The molecule has 1 aliphatic rings. The lowest BCUT2D eigenvalue weighted by molar-refractivity contribution is -0.134. The number of amides is 2. The number of piperidine rings is 1. The van der Waals surface area contributed by atoms with Gasteiger partial charge < -0.3 is 15.2 Å². The van der Waals surface area contributed by atoms with E-state index in [1.54, 1.807) is 4.90 Å². The number of likely N-dealkylation sites (tertiary alicyclic amines) is 1. The van der Waals surface area contributed by atoms with Gasteiger partial charge in [0.05, 0.1) is 22.2 Å². The number of benzene rings is 1. The molecule has 24 heavy (non-hydrogen) atoms. The Kier molecular flexibility index (Phi) is 4.80. The molecular formula is C17H22N4O2S. The number of nitrogens with zero attached hydrogens (tertiary/aromatic N) is 3. The molecule has 128 valence electrons. The Balaban J connectivity index is 1.71. The van der Waals surface area contributed by atoms with E-state index in [0.29, 0.717) is 13.1 Å². The summed E-state index contributed by atoms with van der Waals surface area (Å²) in [5.74, 6) is -0.503. The number of fused-ring (bicyclic) bond motifs is 1. The highest BCUT2D eigenvalue weighted by atomic mass is 32.2. The Morgan fingerprint density at radius 3 is 2.83 bits per heavy atom. The van der Waals surface area contributed by atoms with Crippen LogP contribution in [0.25, 0.3) is 11.0 Å². The van der Waals surface area contributed by atoms with Crippen LogP contribution < -0.4 is 5.73 Å². The van der Waals surface area contributed by atoms with Gasteiger partial charge in [-0.25, -0.2) is 4.98 Å². The molecule has 0 spiro atoms. The van der Waals surface area contributed by atoms with Crippen LogP contribution in [-0.2, 0) is 16.6 Å². The summed E-state index contributed by atoms with van der Waals surface area (Å²) >= 11 is 1.45. The second kappa shape index (κ2) is 6.84. The minimum atomic E-state index is -0.317. The van der Waals surface area contributed by atoms with Crippen molar-refractivity contribution in [3.8, 4) is 0 Å². The third-order valence-electron chi connectivity index (χ3n) is 4.51. The van der Waals surface area contributed by atoms with Crippen molar-refractivity contribution in [2.24, 2.45) is 18.7 Å². The number of hydrogen-bond acceptors (Lipinski definition) is 4. The first-order valence-electron chi connectivity index (χ1n) is 8.13. The molecule has 0 aliphatic carbocycles. The molecule has 1 aromatic carbocycles. The first-order chi connectivity index (χ1) is 11.5. The normalized spacial score (nSPS) is 19.4. The molecule has 2 N–H and O–H groups in total. The summed E-state index contributed by atoms with van der Waals surface area (Å²) in [7, 11) is 1.96.